The zero-order chi connectivity index (χ0) is 17.6. The third-order valence-electron chi connectivity index (χ3n) is 3.57. The van der Waals surface area contributed by atoms with Gasteiger partial charge in [0.1, 0.15) is 0 Å². The van der Waals surface area contributed by atoms with E-state index in [1.807, 2.05) is 69.3 Å². The maximum atomic E-state index is 12.6. The van der Waals surface area contributed by atoms with Gasteiger partial charge in [-0.25, -0.2) is 4.21 Å². The number of amides is 1. The van der Waals surface area contributed by atoms with Gasteiger partial charge in [0, 0.05) is 28.5 Å². The molecule has 0 N–H and O–H groups in total. The number of rotatable bonds is 5. The predicted octanol–water partition coefficient (Wildman–Crippen LogP) is 4.14. The van der Waals surface area contributed by atoms with Crippen molar-refractivity contribution in [1.29, 1.82) is 0 Å². The van der Waals surface area contributed by atoms with Crippen molar-refractivity contribution in [3.05, 3.63) is 77.7 Å². The zero-order valence-electron chi connectivity index (χ0n) is 14.3. The highest BCUT2D eigenvalue weighted by molar-refractivity contribution is 7.88. The first-order chi connectivity index (χ1) is 11.4. The van der Waals surface area contributed by atoms with Crippen LogP contribution in [0.4, 0.5) is 0 Å². The van der Waals surface area contributed by atoms with Crippen LogP contribution in [0.1, 0.15) is 26.3 Å². The Bertz CT molecular complexity index is 718. The summed E-state index contributed by atoms with van der Waals surface area (Å²) in [6, 6.07) is 19.0. The summed E-state index contributed by atoms with van der Waals surface area (Å²) in [5, 5.41) is 1.46. The number of carbonyl (C=O) groups is 1. The quantitative estimate of drug-likeness (QED) is 0.767. The number of nitrogens with zero attached hydrogens (tertiary/aromatic N) is 1. The van der Waals surface area contributed by atoms with Gasteiger partial charge in [-0.3, -0.25) is 4.79 Å². The maximum Gasteiger partial charge on any atom is 0.247 e. The molecule has 0 saturated heterocycles. The fourth-order valence-corrected chi connectivity index (χ4v) is 3.08. The molecular weight excluding hydrogens is 318 g/mol. The van der Waals surface area contributed by atoms with Gasteiger partial charge in [0.05, 0.1) is 10.8 Å². The Morgan fingerprint density at radius 2 is 1.54 bits per heavy atom. The molecule has 0 aliphatic heterocycles. The van der Waals surface area contributed by atoms with Gasteiger partial charge in [0.25, 0.3) is 0 Å². The highest BCUT2D eigenvalue weighted by Gasteiger charge is 2.25. The Kier molecular flexibility index (Phi) is 6.10. The van der Waals surface area contributed by atoms with Gasteiger partial charge in [0.15, 0.2) is 0 Å². The Morgan fingerprint density at radius 1 is 1.00 bits per heavy atom. The van der Waals surface area contributed by atoms with E-state index in [0.29, 0.717) is 11.4 Å². The van der Waals surface area contributed by atoms with E-state index in [4.69, 9.17) is 0 Å². The molecule has 0 spiro atoms. The van der Waals surface area contributed by atoms with Crippen molar-refractivity contribution in [3.8, 4) is 0 Å². The van der Waals surface area contributed by atoms with Crippen LogP contribution in [0.5, 0.6) is 0 Å². The van der Waals surface area contributed by atoms with Gasteiger partial charge in [0.2, 0.25) is 5.91 Å². The predicted molar refractivity (Wildman–Crippen MR) is 98.7 cm³/mol. The van der Waals surface area contributed by atoms with Crippen molar-refractivity contribution in [3.63, 3.8) is 0 Å². The average molecular weight is 341 g/mol. The second kappa shape index (κ2) is 8.06. The molecule has 24 heavy (non-hydrogen) atoms. The molecule has 4 heteroatoms. The van der Waals surface area contributed by atoms with Crippen LogP contribution in [0.3, 0.4) is 0 Å². The van der Waals surface area contributed by atoms with Crippen LogP contribution >= 0.6 is 0 Å². The second-order valence-electron chi connectivity index (χ2n) is 6.49. The van der Waals surface area contributed by atoms with Crippen LogP contribution in [0.2, 0.25) is 0 Å². The van der Waals surface area contributed by atoms with E-state index >= 15 is 0 Å². The summed E-state index contributed by atoms with van der Waals surface area (Å²) >= 11 is 0. The number of benzene rings is 2. The van der Waals surface area contributed by atoms with Crippen LogP contribution in [0.25, 0.3) is 0 Å². The van der Waals surface area contributed by atoms with Crippen molar-refractivity contribution in [2.45, 2.75) is 37.8 Å². The summed E-state index contributed by atoms with van der Waals surface area (Å²) in [6.07, 6.45) is 1.41. The number of hydrogen-bond acceptors (Lipinski definition) is 2. The summed E-state index contributed by atoms with van der Waals surface area (Å²) in [5.41, 5.74) is 0.740. The van der Waals surface area contributed by atoms with Crippen LogP contribution in [0.15, 0.2) is 77.0 Å². The first-order valence-corrected chi connectivity index (χ1v) is 9.08. The zero-order valence-corrected chi connectivity index (χ0v) is 15.1. The van der Waals surface area contributed by atoms with E-state index in [-0.39, 0.29) is 11.4 Å². The van der Waals surface area contributed by atoms with Crippen LogP contribution in [0, 0.1) is 0 Å². The molecule has 2 aromatic carbocycles. The average Bonchev–Trinajstić information content (AvgIpc) is 2.58. The lowest BCUT2D eigenvalue weighted by Gasteiger charge is -2.35. The Hall–Kier alpha value is -2.20. The molecule has 126 valence electrons. The number of hydrogen-bond donors (Lipinski definition) is 0. The molecule has 0 aromatic heterocycles. The molecule has 1 atom stereocenters. The minimum absolute atomic E-state index is 0.143. The van der Waals surface area contributed by atoms with Crippen molar-refractivity contribution >= 4 is 16.7 Å². The first kappa shape index (κ1) is 18.1. The molecule has 0 saturated carbocycles. The normalized spacial score (nSPS) is 13.0. The molecule has 2 rings (SSSR count). The molecule has 1 unspecified atom stereocenters. The van der Waals surface area contributed by atoms with E-state index in [1.54, 1.807) is 17.0 Å². The van der Waals surface area contributed by atoms with Gasteiger partial charge >= 0.3 is 0 Å². The van der Waals surface area contributed by atoms with Gasteiger partial charge in [-0.05, 0) is 38.5 Å². The number of carbonyl (C=O) groups excluding carboxylic acids is 1. The van der Waals surface area contributed by atoms with Crippen molar-refractivity contribution in [2.75, 3.05) is 0 Å². The van der Waals surface area contributed by atoms with Crippen LogP contribution in [-0.2, 0) is 22.1 Å². The maximum absolute atomic E-state index is 12.6. The standard InChI is InChI=1S/C20H23NO2S/c1-20(2,3)21(16-17-10-6-4-7-11-17)19(22)14-15-24(23)18-12-8-5-9-13-18/h4-15H,16H2,1-3H3/b15-14-. The fraction of sp³-hybridized carbons (Fsp3) is 0.250. The summed E-state index contributed by atoms with van der Waals surface area (Å²) < 4.78 is 12.2. The monoisotopic (exact) mass is 341 g/mol. The highest BCUT2D eigenvalue weighted by atomic mass is 32.2. The third kappa shape index (κ3) is 5.17. The van der Waals surface area contributed by atoms with Gasteiger partial charge in [-0.1, -0.05) is 48.5 Å². The van der Waals surface area contributed by atoms with E-state index in [1.165, 1.54) is 11.5 Å². The fourth-order valence-electron chi connectivity index (χ4n) is 2.25. The first-order valence-electron chi connectivity index (χ1n) is 7.87. The van der Waals surface area contributed by atoms with Gasteiger partial charge < -0.3 is 4.90 Å². The molecular formula is C20H23NO2S. The molecule has 0 radical (unpaired) electrons. The summed E-state index contributed by atoms with van der Waals surface area (Å²) in [7, 11) is -1.32. The molecule has 3 nitrogen and oxygen atoms in total. The molecule has 0 heterocycles. The van der Waals surface area contributed by atoms with Crippen molar-refractivity contribution in [2.24, 2.45) is 0 Å². The summed E-state index contributed by atoms with van der Waals surface area (Å²) in [5.74, 6) is -0.143. The minimum atomic E-state index is -1.32. The smallest absolute Gasteiger partial charge is 0.247 e. The van der Waals surface area contributed by atoms with Crippen LogP contribution < -0.4 is 0 Å². The highest BCUT2D eigenvalue weighted by Crippen LogP contribution is 2.18. The third-order valence-corrected chi connectivity index (χ3v) is 4.69. The Balaban J connectivity index is 2.13. The molecule has 0 aliphatic rings. The Labute approximate surface area is 146 Å². The van der Waals surface area contributed by atoms with Gasteiger partial charge in [-0.2, -0.15) is 0 Å². The topological polar surface area (TPSA) is 37.4 Å². The molecule has 1 amide bonds. The SMILES string of the molecule is CC(C)(C)N(Cc1ccccc1)C(=O)/C=C\S(=O)c1ccccc1. The van der Waals surface area contributed by atoms with E-state index < -0.39 is 10.8 Å². The van der Waals surface area contributed by atoms with E-state index in [0.717, 1.165) is 5.56 Å². The minimum Gasteiger partial charge on any atom is -0.330 e. The van der Waals surface area contributed by atoms with E-state index in [2.05, 4.69) is 0 Å². The second-order valence-corrected chi connectivity index (χ2v) is 7.83. The van der Waals surface area contributed by atoms with E-state index in [9.17, 15) is 9.00 Å². The van der Waals surface area contributed by atoms with Crippen LogP contribution in [-0.4, -0.2) is 20.6 Å². The van der Waals surface area contributed by atoms with Gasteiger partial charge in [-0.15, -0.1) is 0 Å². The lowest BCUT2D eigenvalue weighted by molar-refractivity contribution is -0.131. The molecule has 0 fully saturated rings. The summed E-state index contributed by atoms with van der Waals surface area (Å²) in [6.45, 7) is 6.51. The summed E-state index contributed by atoms with van der Waals surface area (Å²) in [4.78, 5) is 15.1. The molecule has 2 aromatic rings. The largest absolute Gasteiger partial charge is 0.330 e. The van der Waals surface area contributed by atoms with Crippen molar-refractivity contribution < 1.29 is 9.00 Å². The molecule has 0 bridgehead atoms. The lowest BCUT2D eigenvalue weighted by atomic mass is 10.0. The Morgan fingerprint density at radius 3 is 2.08 bits per heavy atom. The molecule has 0 aliphatic carbocycles. The van der Waals surface area contributed by atoms with Crippen molar-refractivity contribution in [1.82, 2.24) is 4.90 Å². The lowest BCUT2D eigenvalue weighted by Crippen LogP contribution is -2.44.